The Balaban J connectivity index is 2.33. The van der Waals surface area contributed by atoms with Crippen molar-refractivity contribution >= 4 is 27.3 Å². The van der Waals surface area contributed by atoms with Crippen LogP contribution in [0.2, 0.25) is 0 Å². The lowest BCUT2D eigenvalue weighted by atomic mass is 10.0. The average molecular weight is 311 g/mol. The summed E-state index contributed by atoms with van der Waals surface area (Å²) < 4.78 is 6.71. The van der Waals surface area contributed by atoms with Crippen LogP contribution in [0.25, 0.3) is 0 Å². The molecule has 2 rings (SSSR count). The quantitative estimate of drug-likeness (QED) is 0.787. The lowest BCUT2D eigenvalue weighted by Gasteiger charge is -2.14. The smallest absolute Gasteiger partial charge is 0.108 e. The predicted octanol–water partition coefficient (Wildman–Crippen LogP) is 4.81. The minimum absolute atomic E-state index is 0.0315. The fourth-order valence-electron chi connectivity index (χ4n) is 1.85. The van der Waals surface area contributed by atoms with Gasteiger partial charge in [-0.15, -0.1) is 11.3 Å². The summed E-state index contributed by atoms with van der Waals surface area (Å²) in [4.78, 5) is 1.40. The van der Waals surface area contributed by atoms with Gasteiger partial charge in [0.05, 0.1) is 0 Å². The summed E-state index contributed by atoms with van der Waals surface area (Å²) in [5.41, 5.74) is 2.43. The molecule has 0 saturated heterocycles. The highest BCUT2D eigenvalue weighted by Crippen LogP contribution is 2.30. The van der Waals surface area contributed by atoms with E-state index in [2.05, 4.69) is 46.4 Å². The minimum atomic E-state index is 0.0315. The van der Waals surface area contributed by atoms with E-state index in [0.717, 1.165) is 10.9 Å². The maximum absolute atomic E-state index is 5.62. The number of ether oxygens (including phenoxy) is 1. The zero-order chi connectivity index (χ0) is 12.3. The van der Waals surface area contributed by atoms with Gasteiger partial charge in [0.25, 0.3) is 0 Å². The van der Waals surface area contributed by atoms with Gasteiger partial charge in [0.15, 0.2) is 0 Å². The number of hydrogen-bond donors (Lipinski definition) is 0. The van der Waals surface area contributed by atoms with Crippen molar-refractivity contribution < 1.29 is 4.74 Å². The lowest BCUT2D eigenvalue weighted by molar-refractivity contribution is 0.137. The predicted molar refractivity (Wildman–Crippen MR) is 76.7 cm³/mol. The minimum Gasteiger partial charge on any atom is -0.372 e. The molecule has 0 aliphatic rings. The first kappa shape index (κ1) is 12.8. The zero-order valence-corrected chi connectivity index (χ0v) is 12.3. The molecule has 1 aromatic heterocycles. The Kier molecular flexibility index (Phi) is 4.37. The van der Waals surface area contributed by atoms with Gasteiger partial charge in [0.2, 0.25) is 0 Å². The number of rotatable bonds is 4. The number of aryl methyl sites for hydroxylation is 1. The van der Waals surface area contributed by atoms with E-state index in [-0.39, 0.29) is 6.10 Å². The Bertz CT molecular complexity index is 492. The SMILES string of the molecule is CCc1cc(C(OC)c2cccc(Br)c2)cs1. The summed E-state index contributed by atoms with van der Waals surface area (Å²) in [6, 6.07) is 10.5. The van der Waals surface area contributed by atoms with Crippen LogP contribution in [0.4, 0.5) is 0 Å². The molecule has 1 unspecified atom stereocenters. The van der Waals surface area contributed by atoms with Gasteiger partial charge in [-0.25, -0.2) is 0 Å². The summed E-state index contributed by atoms with van der Waals surface area (Å²) in [6.07, 6.45) is 1.11. The molecule has 17 heavy (non-hydrogen) atoms. The number of benzene rings is 1. The van der Waals surface area contributed by atoms with Gasteiger partial charge in [0.1, 0.15) is 6.10 Å². The Morgan fingerprint density at radius 3 is 2.71 bits per heavy atom. The van der Waals surface area contributed by atoms with Crippen molar-refractivity contribution in [3.8, 4) is 0 Å². The molecule has 90 valence electrons. The van der Waals surface area contributed by atoms with Crippen LogP contribution in [0.3, 0.4) is 0 Å². The average Bonchev–Trinajstić information content (AvgIpc) is 2.79. The highest BCUT2D eigenvalue weighted by molar-refractivity contribution is 9.10. The molecule has 0 saturated carbocycles. The molecule has 0 spiro atoms. The largest absolute Gasteiger partial charge is 0.372 e. The first-order chi connectivity index (χ1) is 8.24. The molecule has 3 heteroatoms. The molecule has 1 aromatic carbocycles. The second kappa shape index (κ2) is 5.80. The van der Waals surface area contributed by atoms with Gasteiger partial charge in [-0.2, -0.15) is 0 Å². The van der Waals surface area contributed by atoms with Gasteiger partial charge < -0.3 is 4.74 Å². The van der Waals surface area contributed by atoms with Crippen LogP contribution in [0.1, 0.15) is 29.0 Å². The molecular weight excluding hydrogens is 296 g/mol. The molecule has 0 amide bonds. The Morgan fingerprint density at radius 2 is 2.12 bits per heavy atom. The fraction of sp³-hybridized carbons (Fsp3) is 0.286. The molecule has 0 aliphatic carbocycles. The molecule has 1 nitrogen and oxygen atoms in total. The van der Waals surface area contributed by atoms with Crippen LogP contribution < -0.4 is 0 Å². The Morgan fingerprint density at radius 1 is 1.29 bits per heavy atom. The van der Waals surface area contributed by atoms with E-state index >= 15 is 0 Å². The third kappa shape index (κ3) is 2.97. The van der Waals surface area contributed by atoms with E-state index in [9.17, 15) is 0 Å². The first-order valence-corrected chi connectivity index (χ1v) is 7.27. The Hall–Kier alpha value is -0.640. The standard InChI is InChI=1S/C14H15BrOS/c1-3-13-8-11(9-17-13)14(16-2)10-5-4-6-12(15)7-10/h4-9,14H,3H2,1-2H3. The normalized spacial score (nSPS) is 12.6. The third-order valence-corrected chi connectivity index (χ3v) is 4.30. The topological polar surface area (TPSA) is 9.23 Å². The van der Waals surface area contributed by atoms with Gasteiger partial charge in [-0.1, -0.05) is 35.0 Å². The second-order valence-electron chi connectivity index (χ2n) is 3.87. The number of methoxy groups -OCH3 is 1. The van der Waals surface area contributed by atoms with Gasteiger partial charge in [0, 0.05) is 16.5 Å². The van der Waals surface area contributed by atoms with Gasteiger partial charge in [-0.05, 0) is 41.1 Å². The van der Waals surface area contributed by atoms with Crippen molar-refractivity contribution in [1.82, 2.24) is 0 Å². The van der Waals surface area contributed by atoms with E-state index < -0.39 is 0 Å². The van der Waals surface area contributed by atoms with E-state index in [0.29, 0.717) is 0 Å². The molecular formula is C14H15BrOS. The summed E-state index contributed by atoms with van der Waals surface area (Å²) in [7, 11) is 1.76. The number of halogens is 1. The van der Waals surface area contributed by atoms with Crippen LogP contribution in [0.5, 0.6) is 0 Å². The van der Waals surface area contributed by atoms with Crippen molar-refractivity contribution in [3.05, 3.63) is 56.2 Å². The van der Waals surface area contributed by atoms with Crippen LogP contribution in [0, 0.1) is 0 Å². The molecule has 2 aromatic rings. The molecule has 0 fully saturated rings. The van der Waals surface area contributed by atoms with Crippen LogP contribution in [-0.2, 0) is 11.2 Å². The van der Waals surface area contributed by atoms with Gasteiger partial charge >= 0.3 is 0 Å². The zero-order valence-electron chi connectivity index (χ0n) is 9.94. The summed E-state index contributed by atoms with van der Waals surface area (Å²) in [5, 5.41) is 2.19. The third-order valence-electron chi connectivity index (χ3n) is 2.71. The van der Waals surface area contributed by atoms with E-state index in [4.69, 9.17) is 4.74 Å². The molecule has 0 radical (unpaired) electrons. The maximum Gasteiger partial charge on any atom is 0.108 e. The van der Waals surface area contributed by atoms with Crippen molar-refractivity contribution in [2.45, 2.75) is 19.4 Å². The van der Waals surface area contributed by atoms with Crippen molar-refractivity contribution in [1.29, 1.82) is 0 Å². The maximum atomic E-state index is 5.62. The Labute approximate surface area is 115 Å². The molecule has 1 heterocycles. The highest BCUT2D eigenvalue weighted by atomic mass is 79.9. The lowest BCUT2D eigenvalue weighted by Crippen LogP contribution is -2.02. The summed E-state index contributed by atoms with van der Waals surface area (Å²) in [5.74, 6) is 0. The van der Waals surface area contributed by atoms with E-state index in [1.807, 2.05) is 12.1 Å². The van der Waals surface area contributed by atoms with Gasteiger partial charge in [-0.3, -0.25) is 0 Å². The molecule has 0 bridgehead atoms. The fourth-order valence-corrected chi connectivity index (χ4v) is 3.12. The molecule has 1 atom stereocenters. The summed E-state index contributed by atoms with van der Waals surface area (Å²) in [6.45, 7) is 2.18. The molecule has 0 aliphatic heterocycles. The first-order valence-electron chi connectivity index (χ1n) is 5.60. The van der Waals surface area contributed by atoms with Crippen molar-refractivity contribution in [2.24, 2.45) is 0 Å². The highest BCUT2D eigenvalue weighted by Gasteiger charge is 2.14. The number of hydrogen-bond acceptors (Lipinski definition) is 2. The van der Waals surface area contributed by atoms with E-state index in [1.165, 1.54) is 16.0 Å². The molecule has 0 N–H and O–H groups in total. The second-order valence-corrected chi connectivity index (χ2v) is 5.78. The van der Waals surface area contributed by atoms with Crippen LogP contribution >= 0.6 is 27.3 Å². The van der Waals surface area contributed by atoms with Crippen LogP contribution in [0.15, 0.2) is 40.2 Å². The van der Waals surface area contributed by atoms with Crippen LogP contribution in [-0.4, -0.2) is 7.11 Å². The number of thiophene rings is 1. The monoisotopic (exact) mass is 310 g/mol. The summed E-state index contributed by atoms with van der Waals surface area (Å²) >= 11 is 5.30. The van der Waals surface area contributed by atoms with Crippen molar-refractivity contribution in [2.75, 3.05) is 7.11 Å². The van der Waals surface area contributed by atoms with E-state index in [1.54, 1.807) is 18.4 Å². The van der Waals surface area contributed by atoms with Crippen molar-refractivity contribution in [3.63, 3.8) is 0 Å².